The van der Waals surface area contributed by atoms with Gasteiger partial charge in [-0.1, -0.05) is 17.7 Å². The van der Waals surface area contributed by atoms with Crippen molar-refractivity contribution in [2.45, 2.75) is 19.3 Å². The molecule has 3 rings (SSSR count). The summed E-state index contributed by atoms with van der Waals surface area (Å²) in [6, 6.07) is 0. The summed E-state index contributed by atoms with van der Waals surface area (Å²) in [5.74, 6) is -0.438. The standard InChI is InChI=1S/C15H21ClN2O3/c16-11-2-3-12-13(10-11)15(20)18(14(12)19)5-1-4-17-6-8-21-9-7-17/h2,12-13H,1,3-10H2/t12-,13-/m1/s1. The molecule has 2 amide bonds. The predicted octanol–water partition coefficient (Wildman–Crippen LogP) is 1.23. The van der Waals surface area contributed by atoms with Crippen LogP contribution in [0.5, 0.6) is 0 Å². The topological polar surface area (TPSA) is 49.9 Å². The molecule has 2 fully saturated rings. The van der Waals surface area contributed by atoms with Crippen molar-refractivity contribution < 1.29 is 14.3 Å². The summed E-state index contributed by atoms with van der Waals surface area (Å²) in [5, 5.41) is 0.715. The van der Waals surface area contributed by atoms with Crippen molar-refractivity contribution >= 4 is 23.4 Å². The van der Waals surface area contributed by atoms with Crippen LogP contribution in [0.3, 0.4) is 0 Å². The van der Waals surface area contributed by atoms with Crippen molar-refractivity contribution in [2.24, 2.45) is 11.8 Å². The highest BCUT2D eigenvalue weighted by Crippen LogP contribution is 2.38. The molecule has 2 aliphatic heterocycles. The molecule has 0 spiro atoms. The average Bonchev–Trinajstić information content (AvgIpc) is 2.73. The second kappa shape index (κ2) is 6.46. The van der Waals surface area contributed by atoms with Gasteiger partial charge in [-0.3, -0.25) is 19.4 Å². The first-order valence-electron chi connectivity index (χ1n) is 7.66. The number of imide groups is 1. The van der Waals surface area contributed by atoms with Gasteiger partial charge in [0.25, 0.3) is 0 Å². The first-order chi connectivity index (χ1) is 10.2. The molecule has 3 aliphatic rings. The number of hydrogen-bond donors (Lipinski definition) is 0. The molecule has 0 radical (unpaired) electrons. The highest BCUT2D eigenvalue weighted by Gasteiger charge is 2.47. The maximum absolute atomic E-state index is 12.4. The summed E-state index contributed by atoms with van der Waals surface area (Å²) in [5.41, 5.74) is 0. The van der Waals surface area contributed by atoms with Gasteiger partial charge in [-0.05, 0) is 19.3 Å². The summed E-state index contributed by atoms with van der Waals surface area (Å²) in [7, 11) is 0. The van der Waals surface area contributed by atoms with Gasteiger partial charge in [-0.15, -0.1) is 0 Å². The minimum Gasteiger partial charge on any atom is -0.379 e. The van der Waals surface area contributed by atoms with Crippen molar-refractivity contribution in [3.8, 4) is 0 Å². The second-order valence-electron chi connectivity index (χ2n) is 5.94. The summed E-state index contributed by atoms with van der Waals surface area (Å²) in [6.07, 6.45) is 3.84. The number of fused-ring (bicyclic) bond motifs is 1. The fraction of sp³-hybridized carbons (Fsp3) is 0.733. The molecule has 6 heteroatoms. The van der Waals surface area contributed by atoms with E-state index in [9.17, 15) is 9.59 Å². The van der Waals surface area contributed by atoms with Crippen LogP contribution < -0.4 is 0 Å². The Kier molecular flexibility index (Phi) is 4.62. The molecule has 0 aromatic rings. The van der Waals surface area contributed by atoms with Crippen molar-refractivity contribution in [1.82, 2.24) is 9.80 Å². The Balaban J connectivity index is 1.52. The molecule has 2 heterocycles. The molecule has 0 saturated carbocycles. The van der Waals surface area contributed by atoms with E-state index in [4.69, 9.17) is 16.3 Å². The average molecular weight is 313 g/mol. The fourth-order valence-corrected chi connectivity index (χ4v) is 3.65. The molecule has 5 nitrogen and oxygen atoms in total. The summed E-state index contributed by atoms with van der Waals surface area (Å²) in [4.78, 5) is 28.5. The SMILES string of the molecule is O=C1[C@@H]2CC=C(Cl)C[C@H]2C(=O)N1CCCN1CCOCC1. The van der Waals surface area contributed by atoms with Crippen LogP contribution in [0.4, 0.5) is 0 Å². The number of carbonyl (C=O) groups is 2. The lowest BCUT2D eigenvalue weighted by Crippen LogP contribution is -2.39. The number of amides is 2. The Morgan fingerprint density at radius 3 is 2.62 bits per heavy atom. The van der Waals surface area contributed by atoms with Gasteiger partial charge in [-0.2, -0.15) is 0 Å². The Morgan fingerprint density at radius 2 is 1.86 bits per heavy atom. The number of nitrogens with zero attached hydrogens (tertiary/aromatic N) is 2. The van der Waals surface area contributed by atoms with E-state index in [1.807, 2.05) is 6.08 Å². The van der Waals surface area contributed by atoms with Crippen molar-refractivity contribution in [3.05, 3.63) is 11.1 Å². The minimum absolute atomic E-state index is 0.00704. The molecule has 2 saturated heterocycles. The van der Waals surface area contributed by atoms with Crippen LogP contribution in [0.2, 0.25) is 0 Å². The molecule has 0 bridgehead atoms. The van der Waals surface area contributed by atoms with Gasteiger partial charge in [0, 0.05) is 31.2 Å². The minimum atomic E-state index is -0.224. The Bertz CT molecular complexity index is 460. The molecule has 2 atom stereocenters. The lowest BCUT2D eigenvalue weighted by atomic mass is 9.85. The lowest BCUT2D eigenvalue weighted by Gasteiger charge is -2.27. The maximum atomic E-state index is 12.4. The van der Waals surface area contributed by atoms with Gasteiger partial charge < -0.3 is 4.74 Å². The van der Waals surface area contributed by atoms with Crippen LogP contribution in [-0.4, -0.2) is 61.0 Å². The summed E-state index contributed by atoms with van der Waals surface area (Å²) in [6.45, 7) is 4.86. The first kappa shape index (κ1) is 15.0. The highest BCUT2D eigenvalue weighted by molar-refractivity contribution is 6.30. The molecule has 1 aliphatic carbocycles. The fourth-order valence-electron chi connectivity index (χ4n) is 3.39. The predicted molar refractivity (Wildman–Crippen MR) is 78.7 cm³/mol. The summed E-state index contributed by atoms with van der Waals surface area (Å²) >= 11 is 6.01. The van der Waals surface area contributed by atoms with E-state index in [1.54, 1.807) is 0 Å². The number of halogens is 1. The van der Waals surface area contributed by atoms with Gasteiger partial charge in [-0.25, -0.2) is 0 Å². The Hall–Kier alpha value is -0.910. The normalized spacial score (nSPS) is 30.5. The van der Waals surface area contributed by atoms with Crippen LogP contribution in [0.1, 0.15) is 19.3 Å². The third-order valence-electron chi connectivity index (χ3n) is 4.62. The van der Waals surface area contributed by atoms with E-state index in [-0.39, 0.29) is 23.7 Å². The van der Waals surface area contributed by atoms with Crippen LogP contribution in [-0.2, 0) is 14.3 Å². The van der Waals surface area contributed by atoms with Gasteiger partial charge in [0.1, 0.15) is 0 Å². The van der Waals surface area contributed by atoms with Crippen LogP contribution in [0.25, 0.3) is 0 Å². The third-order valence-corrected chi connectivity index (χ3v) is 4.93. The van der Waals surface area contributed by atoms with Crippen LogP contribution in [0, 0.1) is 11.8 Å². The number of ether oxygens (including phenoxy) is 1. The van der Waals surface area contributed by atoms with Gasteiger partial charge >= 0.3 is 0 Å². The van der Waals surface area contributed by atoms with E-state index < -0.39 is 0 Å². The van der Waals surface area contributed by atoms with Gasteiger partial charge in [0.05, 0.1) is 25.0 Å². The second-order valence-corrected chi connectivity index (χ2v) is 6.42. The number of rotatable bonds is 4. The Labute approximate surface area is 129 Å². The quantitative estimate of drug-likeness (QED) is 0.733. The number of likely N-dealkylation sites (tertiary alicyclic amines) is 1. The van der Waals surface area contributed by atoms with Crippen molar-refractivity contribution in [1.29, 1.82) is 0 Å². The van der Waals surface area contributed by atoms with Gasteiger partial charge in [0.15, 0.2) is 0 Å². The monoisotopic (exact) mass is 312 g/mol. The number of allylic oxidation sites excluding steroid dienone is 2. The zero-order valence-electron chi connectivity index (χ0n) is 12.1. The molecule has 116 valence electrons. The molecule has 0 aromatic carbocycles. The van der Waals surface area contributed by atoms with E-state index in [2.05, 4.69) is 4.90 Å². The maximum Gasteiger partial charge on any atom is 0.233 e. The molecular weight excluding hydrogens is 292 g/mol. The number of carbonyl (C=O) groups excluding carboxylic acids is 2. The molecule has 0 N–H and O–H groups in total. The summed E-state index contributed by atoms with van der Waals surface area (Å²) < 4.78 is 5.31. The van der Waals surface area contributed by atoms with Crippen LogP contribution >= 0.6 is 11.6 Å². The smallest absolute Gasteiger partial charge is 0.233 e. The lowest BCUT2D eigenvalue weighted by molar-refractivity contribution is -0.140. The number of morpholine rings is 1. The van der Waals surface area contributed by atoms with Crippen molar-refractivity contribution in [3.63, 3.8) is 0 Å². The van der Waals surface area contributed by atoms with E-state index in [0.29, 0.717) is 24.4 Å². The molecule has 0 aromatic heterocycles. The first-order valence-corrected chi connectivity index (χ1v) is 8.04. The molecular formula is C15H21ClN2O3. The largest absolute Gasteiger partial charge is 0.379 e. The highest BCUT2D eigenvalue weighted by atomic mass is 35.5. The molecule has 0 unspecified atom stereocenters. The van der Waals surface area contributed by atoms with Crippen LogP contribution in [0.15, 0.2) is 11.1 Å². The van der Waals surface area contributed by atoms with E-state index in [0.717, 1.165) is 39.3 Å². The van der Waals surface area contributed by atoms with Crippen molar-refractivity contribution in [2.75, 3.05) is 39.4 Å². The zero-order chi connectivity index (χ0) is 14.8. The molecule has 21 heavy (non-hydrogen) atoms. The van der Waals surface area contributed by atoms with E-state index >= 15 is 0 Å². The van der Waals surface area contributed by atoms with Gasteiger partial charge in [0.2, 0.25) is 11.8 Å². The zero-order valence-corrected chi connectivity index (χ0v) is 12.8. The van der Waals surface area contributed by atoms with E-state index in [1.165, 1.54) is 4.90 Å². The third kappa shape index (κ3) is 3.15. The Morgan fingerprint density at radius 1 is 1.14 bits per heavy atom. The number of hydrogen-bond acceptors (Lipinski definition) is 4.